The molecule has 0 heterocycles. The lowest BCUT2D eigenvalue weighted by molar-refractivity contribution is 0.247. The summed E-state index contributed by atoms with van der Waals surface area (Å²) < 4.78 is 5.20. The lowest BCUT2D eigenvalue weighted by atomic mass is 10.0. The molecule has 2 amide bonds. The van der Waals surface area contributed by atoms with Crippen LogP contribution in [-0.4, -0.2) is 13.1 Å². The van der Waals surface area contributed by atoms with E-state index in [4.69, 9.17) is 4.74 Å². The highest BCUT2D eigenvalue weighted by Gasteiger charge is 2.45. The van der Waals surface area contributed by atoms with E-state index >= 15 is 0 Å². The van der Waals surface area contributed by atoms with Crippen molar-refractivity contribution in [1.82, 2.24) is 5.32 Å². The van der Waals surface area contributed by atoms with E-state index in [1.165, 1.54) is 0 Å². The van der Waals surface area contributed by atoms with E-state index in [9.17, 15) is 4.79 Å². The summed E-state index contributed by atoms with van der Waals surface area (Å²) in [5.41, 5.74) is 4.03. The normalized spacial score (nSPS) is 14.8. The van der Waals surface area contributed by atoms with Crippen LogP contribution in [0.15, 0.2) is 42.5 Å². The van der Waals surface area contributed by atoms with Crippen molar-refractivity contribution in [2.75, 3.05) is 12.4 Å². The molecule has 0 bridgehead atoms. The summed E-state index contributed by atoms with van der Waals surface area (Å²) in [7, 11) is 1.65. The molecule has 1 aliphatic rings. The van der Waals surface area contributed by atoms with Gasteiger partial charge in [0.25, 0.3) is 0 Å². The largest absolute Gasteiger partial charge is 0.497 e. The highest BCUT2D eigenvalue weighted by atomic mass is 16.5. The van der Waals surface area contributed by atoms with Crippen LogP contribution in [0, 0.1) is 6.92 Å². The second-order valence-corrected chi connectivity index (χ2v) is 6.35. The van der Waals surface area contributed by atoms with Crippen LogP contribution in [0.4, 0.5) is 10.5 Å². The first-order chi connectivity index (χ1) is 11.6. The molecular formula is C20H24N2O2. The summed E-state index contributed by atoms with van der Waals surface area (Å²) in [5.74, 6) is 0.825. The van der Waals surface area contributed by atoms with Gasteiger partial charge in [0.1, 0.15) is 5.75 Å². The molecule has 3 rings (SSSR count). The van der Waals surface area contributed by atoms with Crippen LogP contribution >= 0.6 is 0 Å². The number of methoxy groups -OCH3 is 1. The van der Waals surface area contributed by atoms with Gasteiger partial charge in [-0.2, -0.15) is 0 Å². The average molecular weight is 324 g/mol. The fraction of sp³-hybridized carbons (Fsp3) is 0.350. The van der Waals surface area contributed by atoms with E-state index in [-0.39, 0.29) is 11.6 Å². The molecule has 1 fully saturated rings. The zero-order valence-electron chi connectivity index (χ0n) is 14.5. The predicted octanol–water partition coefficient (Wildman–Crippen LogP) is 4.38. The zero-order chi connectivity index (χ0) is 17.2. The van der Waals surface area contributed by atoms with E-state index in [0.29, 0.717) is 0 Å². The van der Waals surface area contributed by atoms with Crippen molar-refractivity contribution in [2.24, 2.45) is 0 Å². The van der Waals surface area contributed by atoms with Crippen molar-refractivity contribution in [3.8, 4) is 5.75 Å². The van der Waals surface area contributed by atoms with Gasteiger partial charge in [0, 0.05) is 5.69 Å². The maximum Gasteiger partial charge on any atom is 0.319 e. The van der Waals surface area contributed by atoms with E-state index < -0.39 is 0 Å². The van der Waals surface area contributed by atoms with Crippen LogP contribution in [0.5, 0.6) is 5.75 Å². The quantitative estimate of drug-likeness (QED) is 0.857. The molecule has 0 radical (unpaired) electrons. The summed E-state index contributed by atoms with van der Waals surface area (Å²) in [4.78, 5) is 12.5. The molecule has 126 valence electrons. The molecule has 1 aliphatic carbocycles. The smallest absolute Gasteiger partial charge is 0.319 e. The van der Waals surface area contributed by atoms with Crippen LogP contribution in [-0.2, 0) is 12.0 Å². The Labute approximate surface area is 143 Å². The summed E-state index contributed by atoms with van der Waals surface area (Å²) in [6.07, 6.45) is 2.81. The monoisotopic (exact) mass is 324 g/mol. The fourth-order valence-electron chi connectivity index (χ4n) is 3.09. The first kappa shape index (κ1) is 16.4. The molecular weight excluding hydrogens is 300 g/mol. The number of ether oxygens (including phenoxy) is 1. The van der Waals surface area contributed by atoms with Crippen molar-refractivity contribution >= 4 is 11.7 Å². The predicted molar refractivity (Wildman–Crippen MR) is 96.6 cm³/mol. The van der Waals surface area contributed by atoms with Crippen LogP contribution < -0.4 is 15.4 Å². The standard InChI is InChI=1S/C20H24N2O2/c1-4-15-7-5-6-14(2)18(15)21-19(23)22-20(12-13-20)16-8-10-17(24-3)11-9-16/h5-11H,4,12-13H2,1-3H3,(H2,21,22,23). The number of carbonyl (C=O) groups is 1. The van der Waals surface area contributed by atoms with Gasteiger partial charge in [0.15, 0.2) is 0 Å². The zero-order valence-corrected chi connectivity index (χ0v) is 14.5. The first-order valence-electron chi connectivity index (χ1n) is 8.40. The molecule has 0 aliphatic heterocycles. The molecule has 0 spiro atoms. The Morgan fingerprint density at radius 2 is 1.88 bits per heavy atom. The second-order valence-electron chi connectivity index (χ2n) is 6.35. The van der Waals surface area contributed by atoms with Crippen LogP contribution in [0.2, 0.25) is 0 Å². The Balaban J connectivity index is 1.73. The number of para-hydroxylation sites is 1. The Hall–Kier alpha value is -2.49. The summed E-state index contributed by atoms with van der Waals surface area (Å²) in [6.45, 7) is 4.11. The number of rotatable bonds is 5. The SMILES string of the molecule is CCc1cccc(C)c1NC(=O)NC1(c2ccc(OC)cc2)CC1. The van der Waals surface area contributed by atoms with Gasteiger partial charge in [-0.05, 0) is 55.0 Å². The van der Waals surface area contributed by atoms with E-state index in [1.54, 1.807) is 7.11 Å². The molecule has 24 heavy (non-hydrogen) atoms. The second kappa shape index (κ2) is 6.56. The Morgan fingerprint density at radius 1 is 1.17 bits per heavy atom. The number of hydrogen-bond donors (Lipinski definition) is 2. The molecule has 1 saturated carbocycles. The molecule has 0 atom stereocenters. The summed E-state index contributed by atoms with van der Waals surface area (Å²) >= 11 is 0. The van der Waals surface area contributed by atoms with Crippen molar-refractivity contribution in [2.45, 2.75) is 38.6 Å². The van der Waals surface area contributed by atoms with Gasteiger partial charge in [-0.1, -0.05) is 37.3 Å². The number of benzene rings is 2. The molecule has 0 saturated heterocycles. The Morgan fingerprint density at radius 3 is 2.46 bits per heavy atom. The van der Waals surface area contributed by atoms with Crippen molar-refractivity contribution in [3.63, 3.8) is 0 Å². The average Bonchev–Trinajstić information content (AvgIpc) is 3.37. The van der Waals surface area contributed by atoms with Crippen molar-refractivity contribution in [1.29, 1.82) is 0 Å². The molecule has 2 N–H and O–H groups in total. The third kappa shape index (κ3) is 3.23. The lowest BCUT2D eigenvalue weighted by Gasteiger charge is -2.20. The van der Waals surface area contributed by atoms with Crippen molar-refractivity contribution < 1.29 is 9.53 Å². The highest BCUT2D eigenvalue weighted by molar-refractivity contribution is 5.92. The number of amides is 2. The van der Waals surface area contributed by atoms with Gasteiger partial charge in [0.2, 0.25) is 0 Å². The maximum absolute atomic E-state index is 12.5. The van der Waals surface area contributed by atoms with E-state index in [1.807, 2.05) is 43.3 Å². The molecule has 4 heteroatoms. The van der Waals surface area contributed by atoms with Gasteiger partial charge in [-0.15, -0.1) is 0 Å². The number of hydrogen-bond acceptors (Lipinski definition) is 2. The van der Waals surface area contributed by atoms with Crippen LogP contribution in [0.3, 0.4) is 0 Å². The van der Waals surface area contributed by atoms with Gasteiger partial charge in [0.05, 0.1) is 12.6 Å². The minimum atomic E-state index is -0.245. The lowest BCUT2D eigenvalue weighted by Crippen LogP contribution is -2.38. The summed E-state index contributed by atoms with van der Waals surface area (Å²) in [5, 5.41) is 6.20. The number of urea groups is 1. The Kier molecular flexibility index (Phi) is 4.47. The molecule has 0 aromatic heterocycles. The van der Waals surface area contributed by atoms with Crippen LogP contribution in [0.25, 0.3) is 0 Å². The minimum Gasteiger partial charge on any atom is -0.497 e. The first-order valence-corrected chi connectivity index (χ1v) is 8.40. The molecule has 2 aromatic rings. The molecule has 4 nitrogen and oxygen atoms in total. The van der Waals surface area contributed by atoms with E-state index in [0.717, 1.165) is 47.4 Å². The molecule has 2 aromatic carbocycles. The third-order valence-corrected chi connectivity index (χ3v) is 4.72. The summed E-state index contributed by atoms with van der Waals surface area (Å²) in [6, 6.07) is 13.9. The molecule has 0 unspecified atom stereocenters. The highest BCUT2D eigenvalue weighted by Crippen LogP contribution is 2.45. The van der Waals surface area contributed by atoms with Crippen LogP contribution in [0.1, 0.15) is 36.5 Å². The van der Waals surface area contributed by atoms with Gasteiger partial charge in [-0.25, -0.2) is 4.79 Å². The fourth-order valence-corrected chi connectivity index (χ4v) is 3.09. The number of nitrogens with one attached hydrogen (secondary N) is 2. The number of aryl methyl sites for hydroxylation is 2. The van der Waals surface area contributed by atoms with E-state index in [2.05, 4.69) is 23.6 Å². The number of anilines is 1. The number of carbonyl (C=O) groups excluding carboxylic acids is 1. The third-order valence-electron chi connectivity index (χ3n) is 4.72. The van der Waals surface area contributed by atoms with Gasteiger partial charge >= 0.3 is 6.03 Å². The minimum absolute atomic E-state index is 0.146. The van der Waals surface area contributed by atoms with Gasteiger partial charge < -0.3 is 15.4 Å². The van der Waals surface area contributed by atoms with Gasteiger partial charge in [-0.3, -0.25) is 0 Å². The Bertz CT molecular complexity index is 734. The van der Waals surface area contributed by atoms with Crippen molar-refractivity contribution in [3.05, 3.63) is 59.2 Å². The maximum atomic E-state index is 12.5. The topological polar surface area (TPSA) is 50.4 Å².